The molecule has 1 heterocycles. The predicted molar refractivity (Wildman–Crippen MR) is 89.8 cm³/mol. The van der Waals surface area contributed by atoms with Gasteiger partial charge in [-0.3, -0.25) is 9.78 Å². The van der Waals surface area contributed by atoms with E-state index >= 15 is 0 Å². The van der Waals surface area contributed by atoms with Gasteiger partial charge in [0.05, 0.1) is 18.5 Å². The molecule has 3 nitrogen and oxygen atoms in total. The van der Waals surface area contributed by atoms with Crippen molar-refractivity contribution in [3.63, 3.8) is 0 Å². The highest BCUT2D eigenvalue weighted by Crippen LogP contribution is 2.26. The molecule has 0 bridgehead atoms. The lowest BCUT2D eigenvalue weighted by atomic mass is 9.95. The lowest BCUT2D eigenvalue weighted by molar-refractivity contribution is -0.145. The average Bonchev–Trinajstić information content (AvgIpc) is 2.52. The number of para-hydroxylation sites is 1. The SMILES string of the molecule is CCCC(CC(=O)OCC(C)C)c1ccc2ccccc2n1. The summed E-state index contributed by atoms with van der Waals surface area (Å²) in [7, 11) is 0. The summed E-state index contributed by atoms with van der Waals surface area (Å²) in [4.78, 5) is 16.8. The summed E-state index contributed by atoms with van der Waals surface area (Å²) in [5, 5.41) is 1.13. The summed E-state index contributed by atoms with van der Waals surface area (Å²) in [6.45, 7) is 6.71. The minimum Gasteiger partial charge on any atom is -0.465 e. The largest absolute Gasteiger partial charge is 0.465 e. The number of hydrogen-bond acceptors (Lipinski definition) is 3. The molecule has 118 valence electrons. The minimum absolute atomic E-state index is 0.123. The zero-order valence-electron chi connectivity index (χ0n) is 13.7. The number of esters is 1. The molecular formula is C19H25NO2. The van der Waals surface area contributed by atoms with E-state index in [1.54, 1.807) is 0 Å². The Labute approximate surface area is 132 Å². The van der Waals surface area contributed by atoms with Crippen LogP contribution in [0.1, 0.15) is 51.6 Å². The average molecular weight is 299 g/mol. The molecule has 0 saturated heterocycles. The van der Waals surface area contributed by atoms with E-state index in [4.69, 9.17) is 9.72 Å². The molecule has 1 aromatic heterocycles. The van der Waals surface area contributed by atoms with Crippen LogP contribution in [0.25, 0.3) is 10.9 Å². The highest BCUT2D eigenvalue weighted by molar-refractivity contribution is 5.78. The molecule has 0 amide bonds. The fraction of sp³-hybridized carbons (Fsp3) is 0.474. The van der Waals surface area contributed by atoms with Gasteiger partial charge in [-0.15, -0.1) is 0 Å². The van der Waals surface area contributed by atoms with Crippen molar-refractivity contribution in [2.45, 2.75) is 46.0 Å². The molecule has 2 rings (SSSR count). The highest BCUT2D eigenvalue weighted by atomic mass is 16.5. The zero-order chi connectivity index (χ0) is 15.9. The molecule has 1 aromatic carbocycles. The van der Waals surface area contributed by atoms with Crippen molar-refractivity contribution in [1.82, 2.24) is 4.98 Å². The molecular weight excluding hydrogens is 274 g/mol. The van der Waals surface area contributed by atoms with E-state index in [2.05, 4.69) is 19.1 Å². The third-order valence-electron chi connectivity index (χ3n) is 3.67. The quantitative estimate of drug-likeness (QED) is 0.695. The van der Waals surface area contributed by atoms with E-state index < -0.39 is 0 Å². The van der Waals surface area contributed by atoms with Gasteiger partial charge in [-0.25, -0.2) is 0 Å². The Morgan fingerprint density at radius 1 is 1.18 bits per heavy atom. The van der Waals surface area contributed by atoms with Gasteiger partial charge in [-0.2, -0.15) is 0 Å². The summed E-state index contributed by atoms with van der Waals surface area (Å²) in [5.41, 5.74) is 1.97. The second kappa shape index (κ2) is 7.92. The summed E-state index contributed by atoms with van der Waals surface area (Å²) in [5.74, 6) is 0.378. The Kier molecular flexibility index (Phi) is 5.93. The summed E-state index contributed by atoms with van der Waals surface area (Å²) >= 11 is 0. The maximum absolute atomic E-state index is 12.0. The van der Waals surface area contributed by atoms with Crippen LogP contribution in [-0.4, -0.2) is 17.6 Å². The van der Waals surface area contributed by atoms with E-state index in [9.17, 15) is 4.79 Å². The number of nitrogens with zero attached hydrogens (tertiary/aromatic N) is 1. The molecule has 0 aliphatic carbocycles. The van der Waals surface area contributed by atoms with Crippen molar-refractivity contribution in [1.29, 1.82) is 0 Å². The Morgan fingerprint density at radius 3 is 2.68 bits per heavy atom. The fourth-order valence-electron chi connectivity index (χ4n) is 2.53. The Balaban J connectivity index is 2.13. The Morgan fingerprint density at radius 2 is 1.95 bits per heavy atom. The third-order valence-corrected chi connectivity index (χ3v) is 3.67. The van der Waals surface area contributed by atoms with Crippen LogP contribution in [0, 0.1) is 5.92 Å². The van der Waals surface area contributed by atoms with Crippen molar-refractivity contribution in [3.05, 3.63) is 42.1 Å². The van der Waals surface area contributed by atoms with Crippen LogP contribution in [0.5, 0.6) is 0 Å². The second-order valence-corrected chi connectivity index (χ2v) is 6.20. The lowest BCUT2D eigenvalue weighted by Gasteiger charge is -2.16. The number of hydrogen-bond donors (Lipinski definition) is 0. The second-order valence-electron chi connectivity index (χ2n) is 6.20. The first kappa shape index (κ1) is 16.5. The minimum atomic E-state index is -0.123. The molecule has 1 atom stereocenters. The van der Waals surface area contributed by atoms with Crippen molar-refractivity contribution >= 4 is 16.9 Å². The molecule has 22 heavy (non-hydrogen) atoms. The fourth-order valence-corrected chi connectivity index (χ4v) is 2.53. The van der Waals surface area contributed by atoms with Gasteiger partial charge in [0.2, 0.25) is 0 Å². The summed E-state index contributed by atoms with van der Waals surface area (Å²) < 4.78 is 5.32. The number of aromatic nitrogens is 1. The lowest BCUT2D eigenvalue weighted by Crippen LogP contribution is -2.14. The molecule has 0 radical (unpaired) electrons. The van der Waals surface area contributed by atoms with Crippen LogP contribution in [0.3, 0.4) is 0 Å². The van der Waals surface area contributed by atoms with Crippen LogP contribution in [0.15, 0.2) is 36.4 Å². The van der Waals surface area contributed by atoms with Gasteiger partial charge in [-0.1, -0.05) is 51.5 Å². The van der Waals surface area contributed by atoms with Gasteiger partial charge in [0.15, 0.2) is 0 Å². The molecule has 0 aliphatic rings. The summed E-state index contributed by atoms with van der Waals surface area (Å²) in [6.07, 6.45) is 2.38. The first-order valence-corrected chi connectivity index (χ1v) is 8.11. The van der Waals surface area contributed by atoms with E-state index in [-0.39, 0.29) is 11.9 Å². The van der Waals surface area contributed by atoms with Crippen molar-refractivity contribution in [3.8, 4) is 0 Å². The molecule has 0 aliphatic heterocycles. The molecule has 0 spiro atoms. The van der Waals surface area contributed by atoms with Gasteiger partial charge >= 0.3 is 5.97 Å². The van der Waals surface area contributed by atoms with Crippen LogP contribution in [0.2, 0.25) is 0 Å². The number of ether oxygens (including phenoxy) is 1. The van der Waals surface area contributed by atoms with E-state index in [1.807, 2.05) is 38.1 Å². The number of benzene rings is 1. The van der Waals surface area contributed by atoms with Gasteiger partial charge in [0, 0.05) is 17.0 Å². The van der Waals surface area contributed by atoms with Gasteiger partial charge in [-0.05, 0) is 24.5 Å². The number of carbonyl (C=O) groups excluding carboxylic acids is 1. The number of fused-ring (bicyclic) bond motifs is 1. The van der Waals surface area contributed by atoms with Crippen molar-refractivity contribution in [2.24, 2.45) is 5.92 Å². The molecule has 3 heteroatoms. The number of rotatable bonds is 7. The topological polar surface area (TPSA) is 39.2 Å². The Hall–Kier alpha value is -1.90. The van der Waals surface area contributed by atoms with Crippen LogP contribution >= 0.6 is 0 Å². The van der Waals surface area contributed by atoms with Crippen LogP contribution in [0.4, 0.5) is 0 Å². The van der Waals surface area contributed by atoms with Gasteiger partial charge in [0.1, 0.15) is 0 Å². The van der Waals surface area contributed by atoms with Gasteiger partial charge < -0.3 is 4.74 Å². The standard InChI is InChI=1S/C19H25NO2/c1-4-7-16(12-19(21)22-13-14(2)3)18-11-10-15-8-5-6-9-17(15)20-18/h5-6,8-11,14,16H,4,7,12-13H2,1-3H3. The van der Waals surface area contributed by atoms with Gasteiger partial charge in [0.25, 0.3) is 0 Å². The maximum Gasteiger partial charge on any atom is 0.306 e. The zero-order valence-corrected chi connectivity index (χ0v) is 13.7. The normalized spacial score (nSPS) is 12.5. The molecule has 0 N–H and O–H groups in total. The van der Waals surface area contributed by atoms with E-state index in [0.717, 1.165) is 29.4 Å². The smallest absolute Gasteiger partial charge is 0.306 e. The summed E-state index contributed by atoms with van der Waals surface area (Å²) in [6, 6.07) is 12.2. The first-order valence-electron chi connectivity index (χ1n) is 8.11. The third kappa shape index (κ3) is 4.55. The van der Waals surface area contributed by atoms with Crippen molar-refractivity contribution < 1.29 is 9.53 Å². The van der Waals surface area contributed by atoms with Crippen LogP contribution < -0.4 is 0 Å². The monoisotopic (exact) mass is 299 g/mol. The first-order chi connectivity index (χ1) is 10.6. The maximum atomic E-state index is 12.0. The molecule has 0 fully saturated rings. The van der Waals surface area contributed by atoms with E-state index in [1.165, 1.54) is 0 Å². The van der Waals surface area contributed by atoms with Crippen LogP contribution in [-0.2, 0) is 9.53 Å². The number of carbonyl (C=O) groups is 1. The molecule has 0 saturated carbocycles. The van der Waals surface area contributed by atoms with Crippen molar-refractivity contribution in [2.75, 3.05) is 6.61 Å². The predicted octanol–water partition coefficient (Wildman–Crippen LogP) is 4.71. The highest BCUT2D eigenvalue weighted by Gasteiger charge is 2.18. The molecule has 1 unspecified atom stereocenters. The number of pyridine rings is 1. The molecule has 2 aromatic rings. The Bertz CT molecular complexity index is 622. The van der Waals surface area contributed by atoms with E-state index in [0.29, 0.717) is 18.9 Å².